The van der Waals surface area contributed by atoms with E-state index in [0.29, 0.717) is 31.1 Å². The third-order valence-corrected chi connectivity index (χ3v) is 7.09. The molecule has 0 aliphatic carbocycles. The number of nitrogens with zero attached hydrogens (tertiary/aromatic N) is 5. The number of thiophene rings is 1. The van der Waals surface area contributed by atoms with Crippen molar-refractivity contribution in [1.29, 1.82) is 0 Å². The first-order valence-electron chi connectivity index (χ1n) is 12.1. The van der Waals surface area contributed by atoms with Crippen LogP contribution in [0.15, 0.2) is 88.9 Å². The summed E-state index contributed by atoms with van der Waals surface area (Å²) in [5.74, 6) is 2.95. The van der Waals surface area contributed by atoms with Gasteiger partial charge in [0.1, 0.15) is 5.76 Å². The Hall–Kier alpha value is -3.95. The van der Waals surface area contributed by atoms with Gasteiger partial charge in [0.15, 0.2) is 17.3 Å². The van der Waals surface area contributed by atoms with E-state index in [-0.39, 0.29) is 6.04 Å². The summed E-state index contributed by atoms with van der Waals surface area (Å²) in [6, 6.07) is 24.2. The highest BCUT2D eigenvalue weighted by Crippen LogP contribution is 2.36. The Morgan fingerprint density at radius 3 is 2.54 bits per heavy atom. The minimum atomic E-state index is -0.266. The Kier molecular flexibility index (Phi) is 7.93. The lowest BCUT2D eigenvalue weighted by molar-refractivity contribution is 0.181. The Balaban J connectivity index is 1.56. The van der Waals surface area contributed by atoms with E-state index in [1.807, 2.05) is 53.2 Å². The van der Waals surface area contributed by atoms with Gasteiger partial charge in [0.05, 0.1) is 33.1 Å². The third-order valence-electron chi connectivity index (χ3n) is 6.23. The second kappa shape index (κ2) is 11.9. The highest BCUT2D eigenvalue weighted by atomic mass is 32.1. The van der Waals surface area contributed by atoms with Crippen LogP contribution in [0.4, 0.5) is 0 Å². The highest BCUT2D eigenvalue weighted by molar-refractivity contribution is 7.09. The molecule has 0 radical (unpaired) electrons. The van der Waals surface area contributed by atoms with Crippen molar-refractivity contribution in [1.82, 2.24) is 25.1 Å². The molecule has 0 aliphatic heterocycles. The summed E-state index contributed by atoms with van der Waals surface area (Å²) >= 11 is 1.72. The minimum absolute atomic E-state index is 0.266. The summed E-state index contributed by atoms with van der Waals surface area (Å²) in [7, 11) is 3.28. The van der Waals surface area contributed by atoms with Crippen LogP contribution in [0.3, 0.4) is 0 Å². The number of hydrogen-bond donors (Lipinski definition) is 0. The molecule has 5 aromatic rings. The van der Waals surface area contributed by atoms with Gasteiger partial charge in [-0.05, 0) is 63.7 Å². The van der Waals surface area contributed by atoms with Gasteiger partial charge in [-0.1, -0.05) is 42.5 Å². The number of methoxy groups -OCH3 is 2. The smallest absolute Gasteiger partial charge is 0.173 e. The molecule has 0 unspecified atom stereocenters. The lowest BCUT2D eigenvalue weighted by Crippen LogP contribution is -2.31. The van der Waals surface area contributed by atoms with Crippen LogP contribution < -0.4 is 9.47 Å². The number of benzene rings is 2. The van der Waals surface area contributed by atoms with Crippen LogP contribution in [-0.4, -0.2) is 39.3 Å². The second-order valence-electron chi connectivity index (χ2n) is 8.58. The van der Waals surface area contributed by atoms with Gasteiger partial charge in [0, 0.05) is 18.0 Å². The van der Waals surface area contributed by atoms with Gasteiger partial charge >= 0.3 is 0 Å². The number of aromatic nitrogens is 4. The van der Waals surface area contributed by atoms with Gasteiger partial charge in [-0.25, -0.2) is 4.68 Å². The Morgan fingerprint density at radius 2 is 1.81 bits per heavy atom. The van der Waals surface area contributed by atoms with Crippen LogP contribution in [0, 0.1) is 0 Å². The van der Waals surface area contributed by atoms with Crippen LogP contribution in [0.25, 0.3) is 0 Å². The summed E-state index contributed by atoms with van der Waals surface area (Å²) in [6.07, 6.45) is 2.52. The monoisotopic (exact) mass is 515 g/mol. The number of rotatable bonds is 12. The highest BCUT2D eigenvalue weighted by Gasteiger charge is 2.30. The molecule has 3 heterocycles. The topological polar surface area (TPSA) is 78.4 Å². The molecule has 0 amide bonds. The average Bonchev–Trinajstić information content (AvgIpc) is 3.72. The van der Waals surface area contributed by atoms with Crippen LogP contribution >= 0.6 is 11.3 Å². The molecule has 0 saturated carbocycles. The largest absolute Gasteiger partial charge is 0.493 e. The molecule has 1 atom stereocenters. The van der Waals surface area contributed by atoms with E-state index in [1.165, 1.54) is 10.4 Å². The fourth-order valence-electron chi connectivity index (χ4n) is 4.44. The first-order chi connectivity index (χ1) is 18.2. The summed E-state index contributed by atoms with van der Waals surface area (Å²) in [5.41, 5.74) is 2.23. The molecule has 2 aromatic carbocycles. The maximum absolute atomic E-state index is 5.76. The summed E-state index contributed by atoms with van der Waals surface area (Å²) in [6.45, 7) is 1.93. The third kappa shape index (κ3) is 5.90. The van der Waals surface area contributed by atoms with Gasteiger partial charge in [0.2, 0.25) is 0 Å². The molecule has 9 heteroatoms. The zero-order valence-electron chi connectivity index (χ0n) is 20.9. The molecule has 0 N–H and O–H groups in total. The van der Waals surface area contributed by atoms with E-state index in [4.69, 9.17) is 13.9 Å². The van der Waals surface area contributed by atoms with E-state index < -0.39 is 0 Å². The first-order valence-corrected chi connectivity index (χ1v) is 12.9. The number of hydrogen-bond acceptors (Lipinski definition) is 8. The van der Waals surface area contributed by atoms with Crippen molar-refractivity contribution in [2.75, 3.05) is 14.2 Å². The Labute approximate surface area is 220 Å². The SMILES string of the molecule is COc1ccc([C@H](c2nnnn2CCc2ccccc2)N(Cc2ccco2)Cc2cccs2)cc1OC. The van der Waals surface area contributed by atoms with Crippen molar-refractivity contribution in [3.05, 3.63) is 112 Å². The summed E-state index contributed by atoms with van der Waals surface area (Å²) in [4.78, 5) is 3.57. The second-order valence-corrected chi connectivity index (χ2v) is 9.61. The molecule has 37 heavy (non-hydrogen) atoms. The van der Waals surface area contributed by atoms with Gasteiger partial charge in [-0.3, -0.25) is 4.90 Å². The van der Waals surface area contributed by atoms with Crippen LogP contribution in [0.5, 0.6) is 11.5 Å². The van der Waals surface area contributed by atoms with Gasteiger partial charge in [-0.15, -0.1) is 16.4 Å². The predicted molar refractivity (Wildman–Crippen MR) is 142 cm³/mol. The van der Waals surface area contributed by atoms with E-state index in [9.17, 15) is 0 Å². The Bertz CT molecular complexity index is 1330. The quantitative estimate of drug-likeness (QED) is 0.221. The van der Waals surface area contributed by atoms with Crippen LogP contribution in [-0.2, 0) is 26.1 Å². The van der Waals surface area contributed by atoms with Crippen molar-refractivity contribution in [3.8, 4) is 11.5 Å². The van der Waals surface area contributed by atoms with Crippen molar-refractivity contribution in [2.45, 2.75) is 32.1 Å². The van der Waals surface area contributed by atoms with Crippen LogP contribution in [0.1, 0.15) is 33.6 Å². The maximum atomic E-state index is 5.76. The van der Waals surface area contributed by atoms with Gasteiger partial charge < -0.3 is 13.9 Å². The molecule has 5 rings (SSSR count). The molecule has 0 spiro atoms. The van der Waals surface area contributed by atoms with Gasteiger partial charge in [-0.2, -0.15) is 0 Å². The molecule has 0 bridgehead atoms. The minimum Gasteiger partial charge on any atom is -0.493 e. The lowest BCUT2D eigenvalue weighted by Gasteiger charge is -2.30. The van der Waals surface area contributed by atoms with Gasteiger partial charge in [0.25, 0.3) is 0 Å². The van der Waals surface area contributed by atoms with E-state index in [2.05, 4.69) is 50.1 Å². The Morgan fingerprint density at radius 1 is 0.946 bits per heavy atom. The van der Waals surface area contributed by atoms with E-state index in [1.54, 1.807) is 31.8 Å². The molecule has 3 aromatic heterocycles. The molecular weight excluding hydrogens is 486 g/mol. The molecule has 0 aliphatic rings. The predicted octanol–water partition coefficient (Wildman–Crippen LogP) is 5.38. The fraction of sp³-hybridized carbons (Fsp3) is 0.250. The number of tetrazole rings is 1. The zero-order valence-corrected chi connectivity index (χ0v) is 21.7. The lowest BCUT2D eigenvalue weighted by atomic mass is 10.0. The summed E-state index contributed by atoms with van der Waals surface area (Å²) in [5, 5.41) is 15.1. The molecule has 190 valence electrons. The number of furan rings is 1. The van der Waals surface area contributed by atoms with Crippen molar-refractivity contribution in [2.24, 2.45) is 0 Å². The molecule has 8 nitrogen and oxygen atoms in total. The normalized spacial score (nSPS) is 12.1. The van der Waals surface area contributed by atoms with Crippen LogP contribution in [0.2, 0.25) is 0 Å². The fourth-order valence-corrected chi connectivity index (χ4v) is 5.17. The average molecular weight is 516 g/mol. The zero-order chi connectivity index (χ0) is 25.5. The maximum Gasteiger partial charge on any atom is 0.173 e. The molecular formula is C28H29N5O3S. The van der Waals surface area contributed by atoms with Crippen molar-refractivity contribution in [3.63, 3.8) is 0 Å². The number of aryl methyl sites for hydroxylation is 2. The molecule has 0 fully saturated rings. The van der Waals surface area contributed by atoms with E-state index in [0.717, 1.165) is 23.6 Å². The van der Waals surface area contributed by atoms with E-state index >= 15 is 0 Å². The molecule has 0 saturated heterocycles. The number of ether oxygens (including phenoxy) is 2. The summed E-state index contributed by atoms with van der Waals surface area (Å²) < 4.78 is 18.8. The van der Waals surface area contributed by atoms with Crippen molar-refractivity contribution >= 4 is 11.3 Å². The standard InChI is InChI=1S/C28H29N5O3S/c1-34-25-13-12-22(18-26(25)35-2)27(28-29-30-31-33(28)15-14-21-8-4-3-5-9-21)32(19-23-10-6-16-36-23)20-24-11-7-17-37-24/h3-13,16-18,27H,14-15,19-20H2,1-2H3/t27-/m1/s1. The first kappa shape index (κ1) is 24.7. The van der Waals surface area contributed by atoms with Crippen molar-refractivity contribution < 1.29 is 13.9 Å².